The molecule has 0 spiro atoms. The second-order valence-electron chi connectivity index (χ2n) is 7.80. The van der Waals surface area contributed by atoms with Gasteiger partial charge in [0.1, 0.15) is 0 Å². The van der Waals surface area contributed by atoms with Crippen LogP contribution < -0.4 is 5.32 Å². The topological polar surface area (TPSA) is 29.9 Å². The number of hydrogen-bond donors (Lipinski definition) is 1. The predicted molar refractivity (Wildman–Crippen MR) is 128 cm³/mol. The normalized spacial score (nSPS) is 15.2. The van der Waals surface area contributed by atoms with Gasteiger partial charge in [-0.05, 0) is 40.5 Å². The third kappa shape index (κ3) is 3.11. The Hall–Kier alpha value is -4.11. The first kappa shape index (κ1) is 17.7. The first-order chi connectivity index (χ1) is 15.4. The van der Waals surface area contributed by atoms with Crippen LogP contribution in [0.25, 0.3) is 27.9 Å². The molecule has 1 aliphatic heterocycles. The van der Waals surface area contributed by atoms with E-state index in [0.717, 1.165) is 28.2 Å². The molecule has 0 saturated carbocycles. The van der Waals surface area contributed by atoms with Gasteiger partial charge in [0.15, 0.2) is 0 Å². The third-order valence-corrected chi connectivity index (χ3v) is 5.89. The molecule has 3 heteroatoms. The van der Waals surface area contributed by atoms with Crippen molar-refractivity contribution in [3.8, 4) is 11.1 Å². The lowest BCUT2D eigenvalue weighted by molar-refractivity contribution is 0.720. The molecule has 1 aromatic heterocycles. The Morgan fingerprint density at radius 3 is 2.00 bits per heavy atom. The number of fused-ring (bicyclic) bond motifs is 3. The first-order valence-corrected chi connectivity index (χ1v) is 10.5. The third-order valence-electron chi connectivity index (χ3n) is 5.89. The average molecular weight is 399 g/mol. The molecule has 1 atom stereocenters. The SMILES string of the molecule is C1=C(c2ccc(-c3ccccc3)cc2)Nc2nc3ccccc3n2C1c1ccccc1. The summed E-state index contributed by atoms with van der Waals surface area (Å²) in [7, 11) is 0. The monoisotopic (exact) mass is 399 g/mol. The molecule has 31 heavy (non-hydrogen) atoms. The summed E-state index contributed by atoms with van der Waals surface area (Å²) in [6, 6.07) is 38.2. The molecule has 0 saturated heterocycles. The molecule has 3 nitrogen and oxygen atoms in total. The van der Waals surface area contributed by atoms with Gasteiger partial charge in [-0.2, -0.15) is 0 Å². The van der Waals surface area contributed by atoms with Crippen LogP contribution in [0, 0.1) is 0 Å². The summed E-state index contributed by atoms with van der Waals surface area (Å²) in [5.41, 5.74) is 8.05. The van der Waals surface area contributed by atoms with Crippen LogP contribution >= 0.6 is 0 Å². The smallest absolute Gasteiger partial charge is 0.209 e. The fourth-order valence-electron chi connectivity index (χ4n) is 4.35. The van der Waals surface area contributed by atoms with Crippen molar-refractivity contribution >= 4 is 22.7 Å². The largest absolute Gasteiger partial charge is 0.325 e. The van der Waals surface area contributed by atoms with Crippen molar-refractivity contribution in [2.24, 2.45) is 0 Å². The Morgan fingerprint density at radius 1 is 0.613 bits per heavy atom. The van der Waals surface area contributed by atoms with E-state index in [1.54, 1.807) is 0 Å². The highest BCUT2D eigenvalue weighted by Gasteiger charge is 2.25. The fourth-order valence-corrected chi connectivity index (χ4v) is 4.35. The maximum absolute atomic E-state index is 4.88. The van der Waals surface area contributed by atoms with Gasteiger partial charge >= 0.3 is 0 Å². The highest BCUT2D eigenvalue weighted by atomic mass is 15.2. The number of benzene rings is 4. The van der Waals surface area contributed by atoms with Gasteiger partial charge in [-0.25, -0.2) is 4.98 Å². The van der Waals surface area contributed by atoms with Crippen LogP contribution in [0.15, 0.2) is 115 Å². The van der Waals surface area contributed by atoms with Gasteiger partial charge < -0.3 is 5.32 Å². The van der Waals surface area contributed by atoms with E-state index < -0.39 is 0 Å². The van der Waals surface area contributed by atoms with E-state index in [1.807, 2.05) is 12.1 Å². The standard InChI is InChI=1S/C28H21N3/c1-3-9-20(10-4-1)21-15-17-22(18-16-21)25-19-27(23-11-5-2-6-12-23)31-26-14-8-7-13-24(26)29-28(31)30-25/h1-19,27H,(H,29,30). The molecule has 5 aromatic rings. The summed E-state index contributed by atoms with van der Waals surface area (Å²) < 4.78 is 2.28. The van der Waals surface area contributed by atoms with E-state index in [0.29, 0.717) is 0 Å². The molecule has 6 rings (SSSR count). The maximum atomic E-state index is 4.88. The van der Waals surface area contributed by atoms with Crippen LogP contribution in [0.2, 0.25) is 0 Å². The van der Waals surface area contributed by atoms with Crippen LogP contribution in [-0.2, 0) is 0 Å². The van der Waals surface area contributed by atoms with Gasteiger partial charge in [-0.3, -0.25) is 4.57 Å². The van der Waals surface area contributed by atoms with Crippen molar-refractivity contribution in [3.05, 3.63) is 126 Å². The number of aromatic nitrogens is 2. The number of anilines is 1. The molecule has 0 aliphatic carbocycles. The van der Waals surface area contributed by atoms with Crippen molar-refractivity contribution in [2.75, 3.05) is 5.32 Å². The van der Waals surface area contributed by atoms with E-state index >= 15 is 0 Å². The summed E-state index contributed by atoms with van der Waals surface area (Å²) in [6.45, 7) is 0. The van der Waals surface area contributed by atoms with E-state index in [2.05, 4.69) is 113 Å². The van der Waals surface area contributed by atoms with Crippen molar-refractivity contribution in [1.82, 2.24) is 9.55 Å². The molecule has 1 N–H and O–H groups in total. The Labute approximate surface area is 181 Å². The van der Waals surface area contributed by atoms with Gasteiger partial charge in [-0.1, -0.05) is 97.1 Å². The van der Waals surface area contributed by atoms with Crippen LogP contribution in [-0.4, -0.2) is 9.55 Å². The summed E-state index contributed by atoms with van der Waals surface area (Å²) in [5, 5.41) is 3.57. The number of para-hydroxylation sites is 2. The fraction of sp³-hybridized carbons (Fsp3) is 0.0357. The summed E-state index contributed by atoms with van der Waals surface area (Å²) in [6.07, 6.45) is 2.30. The van der Waals surface area contributed by atoms with Gasteiger partial charge in [0.2, 0.25) is 5.95 Å². The molecule has 0 bridgehead atoms. The average Bonchev–Trinajstić information content (AvgIpc) is 3.23. The lowest BCUT2D eigenvalue weighted by atomic mass is 9.99. The summed E-state index contributed by atoms with van der Waals surface area (Å²) >= 11 is 0. The zero-order valence-corrected chi connectivity index (χ0v) is 16.9. The Bertz CT molecular complexity index is 1380. The van der Waals surface area contributed by atoms with Gasteiger partial charge in [0.05, 0.1) is 17.1 Å². The van der Waals surface area contributed by atoms with Crippen molar-refractivity contribution in [1.29, 1.82) is 0 Å². The highest BCUT2D eigenvalue weighted by molar-refractivity contribution is 5.86. The van der Waals surface area contributed by atoms with E-state index in [1.165, 1.54) is 16.7 Å². The number of rotatable bonds is 3. The zero-order chi connectivity index (χ0) is 20.6. The summed E-state index contributed by atoms with van der Waals surface area (Å²) in [5.74, 6) is 0.875. The van der Waals surface area contributed by atoms with Crippen molar-refractivity contribution in [3.63, 3.8) is 0 Å². The van der Waals surface area contributed by atoms with Crippen molar-refractivity contribution < 1.29 is 0 Å². The lowest BCUT2D eigenvalue weighted by Crippen LogP contribution is -2.19. The first-order valence-electron chi connectivity index (χ1n) is 10.5. The quantitative estimate of drug-likeness (QED) is 0.363. The predicted octanol–water partition coefficient (Wildman–Crippen LogP) is 6.76. The van der Waals surface area contributed by atoms with Crippen LogP contribution in [0.4, 0.5) is 5.95 Å². The van der Waals surface area contributed by atoms with Crippen LogP contribution in [0.3, 0.4) is 0 Å². The molecule has 0 radical (unpaired) electrons. The molecule has 2 heterocycles. The number of hydrogen-bond acceptors (Lipinski definition) is 2. The van der Waals surface area contributed by atoms with Gasteiger partial charge in [0, 0.05) is 5.70 Å². The van der Waals surface area contributed by atoms with E-state index in [4.69, 9.17) is 4.98 Å². The second kappa shape index (κ2) is 7.29. The minimum Gasteiger partial charge on any atom is -0.325 e. The minimum absolute atomic E-state index is 0.0775. The molecule has 0 fully saturated rings. The Morgan fingerprint density at radius 2 is 1.23 bits per heavy atom. The number of allylic oxidation sites excluding steroid dienone is 1. The minimum atomic E-state index is 0.0775. The summed E-state index contributed by atoms with van der Waals surface area (Å²) in [4.78, 5) is 4.88. The molecule has 1 aliphatic rings. The zero-order valence-electron chi connectivity index (χ0n) is 16.9. The molecule has 148 valence electrons. The van der Waals surface area contributed by atoms with Crippen molar-refractivity contribution in [2.45, 2.75) is 6.04 Å². The molecule has 4 aromatic carbocycles. The number of nitrogens with zero attached hydrogens (tertiary/aromatic N) is 2. The van der Waals surface area contributed by atoms with E-state index in [9.17, 15) is 0 Å². The van der Waals surface area contributed by atoms with Gasteiger partial charge in [0.25, 0.3) is 0 Å². The lowest BCUT2D eigenvalue weighted by Gasteiger charge is -2.26. The highest BCUT2D eigenvalue weighted by Crippen LogP contribution is 2.37. The number of imidazole rings is 1. The van der Waals surface area contributed by atoms with Crippen LogP contribution in [0.5, 0.6) is 0 Å². The van der Waals surface area contributed by atoms with E-state index in [-0.39, 0.29) is 6.04 Å². The maximum Gasteiger partial charge on any atom is 0.209 e. The Balaban J connectivity index is 1.45. The van der Waals surface area contributed by atoms with Crippen LogP contribution in [0.1, 0.15) is 17.2 Å². The molecular formula is C28H21N3. The molecular weight excluding hydrogens is 378 g/mol. The second-order valence-corrected chi connectivity index (χ2v) is 7.80. The molecule has 1 unspecified atom stereocenters. The Kier molecular flexibility index (Phi) is 4.17. The molecule has 0 amide bonds. The number of nitrogens with one attached hydrogen (secondary N) is 1. The van der Waals surface area contributed by atoms with Gasteiger partial charge in [-0.15, -0.1) is 0 Å².